The van der Waals surface area contributed by atoms with Gasteiger partial charge in [-0.1, -0.05) is 11.3 Å². The number of aromatic nitrogens is 3. The third kappa shape index (κ3) is 2.08. The molecule has 0 radical (unpaired) electrons. The molecule has 0 spiro atoms. The van der Waals surface area contributed by atoms with E-state index in [0.29, 0.717) is 5.13 Å². The van der Waals surface area contributed by atoms with Crippen LogP contribution < -0.4 is 5.32 Å². The molecule has 0 saturated heterocycles. The molecule has 2 aromatic rings. The Kier molecular flexibility index (Phi) is 2.55. The largest absolute Gasteiger partial charge is 0.505 e. The highest BCUT2D eigenvalue weighted by molar-refractivity contribution is 7.13. The Bertz CT molecular complexity index is 471. The van der Waals surface area contributed by atoms with Crippen LogP contribution in [0.3, 0.4) is 0 Å². The van der Waals surface area contributed by atoms with E-state index in [1.807, 2.05) is 0 Å². The summed E-state index contributed by atoms with van der Waals surface area (Å²) in [5, 5.41) is 19.5. The van der Waals surface area contributed by atoms with Gasteiger partial charge in [0, 0.05) is 6.20 Å². The molecule has 0 unspecified atom stereocenters. The standard InChI is InChI=1S/C8H6N4O2S/c13-6-3-9-2-1-5(6)7(14)11-8-12-10-4-15-8/h1-4,13H,(H,11,12,14). The van der Waals surface area contributed by atoms with Gasteiger partial charge in [-0.05, 0) is 6.07 Å². The summed E-state index contributed by atoms with van der Waals surface area (Å²) >= 11 is 1.20. The number of hydrogen-bond donors (Lipinski definition) is 2. The van der Waals surface area contributed by atoms with Gasteiger partial charge in [-0.3, -0.25) is 15.1 Å². The van der Waals surface area contributed by atoms with E-state index < -0.39 is 5.91 Å². The summed E-state index contributed by atoms with van der Waals surface area (Å²) in [4.78, 5) is 15.2. The smallest absolute Gasteiger partial charge is 0.261 e. The minimum Gasteiger partial charge on any atom is -0.505 e. The summed E-state index contributed by atoms with van der Waals surface area (Å²) < 4.78 is 0. The maximum atomic E-state index is 11.6. The van der Waals surface area contributed by atoms with E-state index in [2.05, 4.69) is 20.5 Å². The molecule has 0 aliphatic carbocycles. The van der Waals surface area contributed by atoms with Gasteiger partial charge in [0.15, 0.2) is 0 Å². The number of amides is 1. The van der Waals surface area contributed by atoms with E-state index in [1.54, 1.807) is 0 Å². The Morgan fingerprint density at radius 3 is 3.07 bits per heavy atom. The molecule has 0 atom stereocenters. The van der Waals surface area contributed by atoms with Crippen LogP contribution in [-0.4, -0.2) is 26.2 Å². The second-order valence-corrected chi connectivity index (χ2v) is 3.42. The van der Waals surface area contributed by atoms with E-state index in [4.69, 9.17) is 0 Å². The summed E-state index contributed by atoms with van der Waals surface area (Å²) in [5.41, 5.74) is 1.65. The van der Waals surface area contributed by atoms with Crippen molar-refractivity contribution in [1.82, 2.24) is 15.2 Å². The molecule has 7 heteroatoms. The van der Waals surface area contributed by atoms with Gasteiger partial charge in [0.25, 0.3) is 5.91 Å². The van der Waals surface area contributed by atoms with Crippen molar-refractivity contribution < 1.29 is 9.90 Å². The van der Waals surface area contributed by atoms with Crippen LogP contribution >= 0.6 is 11.3 Å². The minimum absolute atomic E-state index is 0.153. The van der Waals surface area contributed by atoms with Crippen LogP contribution in [0.1, 0.15) is 10.4 Å². The number of carbonyl (C=O) groups excluding carboxylic acids is 1. The number of nitrogens with one attached hydrogen (secondary N) is 1. The predicted octanol–water partition coefficient (Wildman–Crippen LogP) is 0.891. The molecule has 76 valence electrons. The SMILES string of the molecule is O=C(Nc1nncs1)c1ccncc1O. The highest BCUT2D eigenvalue weighted by Crippen LogP contribution is 2.16. The lowest BCUT2D eigenvalue weighted by Gasteiger charge is -2.02. The molecule has 0 aliphatic rings. The van der Waals surface area contributed by atoms with Gasteiger partial charge in [-0.15, -0.1) is 10.2 Å². The molecule has 0 saturated carbocycles. The molecule has 2 heterocycles. The quantitative estimate of drug-likeness (QED) is 0.787. The lowest BCUT2D eigenvalue weighted by Crippen LogP contribution is -2.11. The van der Waals surface area contributed by atoms with E-state index in [1.165, 1.54) is 35.3 Å². The van der Waals surface area contributed by atoms with Crippen molar-refractivity contribution in [3.63, 3.8) is 0 Å². The normalized spacial score (nSPS) is 9.87. The van der Waals surface area contributed by atoms with Gasteiger partial charge < -0.3 is 5.11 Å². The lowest BCUT2D eigenvalue weighted by molar-refractivity contribution is 0.102. The molecule has 2 aromatic heterocycles. The molecule has 2 N–H and O–H groups in total. The van der Waals surface area contributed by atoms with Crippen LogP contribution in [0.5, 0.6) is 5.75 Å². The van der Waals surface area contributed by atoms with Crippen molar-refractivity contribution in [1.29, 1.82) is 0 Å². The molecule has 0 aromatic carbocycles. The van der Waals surface area contributed by atoms with Crippen LogP contribution in [0.25, 0.3) is 0 Å². The molecule has 1 amide bonds. The highest BCUT2D eigenvalue weighted by Gasteiger charge is 2.11. The van der Waals surface area contributed by atoms with Gasteiger partial charge in [0.2, 0.25) is 5.13 Å². The highest BCUT2D eigenvalue weighted by atomic mass is 32.1. The zero-order chi connectivity index (χ0) is 10.7. The Morgan fingerprint density at radius 2 is 2.40 bits per heavy atom. The van der Waals surface area contributed by atoms with Crippen molar-refractivity contribution in [2.45, 2.75) is 0 Å². The molecule has 0 aliphatic heterocycles. The Labute approximate surface area is 88.6 Å². The first-order valence-corrected chi connectivity index (χ1v) is 4.86. The minimum atomic E-state index is -0.438. The van der Waals surface area contributed by atoms with Crippen LogP contribution in [0.2, 0.25) is 0 Å². The Balaban J connectivity index is 2.19. The lowest BCUT2D eigenvalue weighted by atomic mass is 10.2. The third-order valence-electron chi connectivity index (χ3n) is 1.63. The van der Waals surface area contributed by atoms with Crippen molar-refractivity contribution in [2.24, 2.45) is 0 Å². The summed E-state index contributed by atoms with van der Waals surface area (Å²) in [7, 11) is 0. The van der Waals surface area contributed by atoms with Crippen molar-refractivity contribution in [3.05, 3.63) is 29.5 Å². The fourth-order valence-corrected chi connectivity index (χ4v) is 1.41. The molecule has 0 fully saturated rings. The van der Waals surface area contributed by atoms with Gasteiger partial charge in [0.1, 0.15) is 11.3 Å². The molecular weight excluding hydrogens is 216 g/mol. The zero-order valence-corrected chi connectivity index (χ0v) is 8.23. The van der Waals surface area contributed by atoms with Crippen molar-refractivity contribution in [3.8, 4) is 5.75 Å². The molecule has 15 heavy (non-hydrogen) atoms. The summed E-state index contributed by atoms with van der Waals surface area (Å²) in [6.45, 7) is 0. The van der Waals surface area contributed by atoms with Gasteiger partial charge in [-0.25, -0.2) is 0 Å². The summed E-state index contributed by atoms with van der Waals surface area (Å²) in [6, 6.07) is 1.42. The first kappa shape index (κ1) is 9.53. The van der Waals surface area contributed by atoms with E-state index in [-0.39, 0.29) is 11.3 Å². The number of hydrogen-bond acceptors (Lipinski definition) is 6. The van der Waals surface area contributed by atoms with Gasteiger partial charge >= 0.3 is 0 Å². The monoisotopic (exact) mass is 222 g/mol. The van der Waals surface area contributed by atoms with Crippen molar-refractivity contribution in [2.75, 3.05) is 5.32 Å². The van der Waals surface area contributed by atoms with Crippen LogP contribution in [0, 0.1) is 0 Å². The maximum absolute atomic E-state index is 11.6. The average molecular weight is 222 g/mol. The number of aromatic hydroxyl groups is 1. The number of pyridine rings is 1. The first-order chi connectivity index (χ1) is 7.27. The first-order valence-electron chi connectivity index (χ1n) is 3.98. The predicted molar refractivity (Wildman–Crippen MR) is 53.8 cm³/mol. The third-order valence-corrected chi connectivity index (χ3v) is 2.23. The second kappa shape index (κ2) is 4.01. The summed E-state index contributed by atoms with van der Waals surface area (Å²) in [6.07, 6.45) is 2.63. The van der Waals surface area contributed by atoms with Crippen LogP contribution in [0.15, 0.2) is 24.0 Å². The fraction of sp³-hybridized carbons (Fsp3) is 0. The van der Waals surface area contributed by atoms with E-state index in [9.17, 15) is 9.90 Å². The van der Waals surface area contributed by atoms with Crippen molar-refractivity contribution >= 4 is 22.4 Å². The number of rotatable bonds is 2. The number of anilines is 1. The fourth-order valence-electron chi connectivity index (χ4n) is 0.970. The zero-order valence-electron chi connectivity index (χ0n) is 7.41. The molecule has 0 bridgehead atoms. The molecule has 6 nitrogen and oxygen atoms in total. The van der Waals surface area contributed by atoms with Gasteiger partial charge in [0.05, 0.1) is 11.8 Å². The van der Waals surface area contributed by atoms with E-state index in [0.717, 1.165) is 0 Å². The topological polar surface area (TPSA) is 88.0 Å². The Morgan fingerprint density at radius 1 is 1.53 bits per heavy atom. The summed E-state index contributed by atoms with van der Waals surface area (Å²) in [5.74, 6) is -0.605. The number of carbonyl (C=O) groups is 1. The second-order valence-electron chi connectivity index (χ2n) is 2.59. The number of nitrogens with zero attached hydrogens (tertiary/aromatic N) is 3. The van der Waals surface area contributed by atoms with E-state index >= 15 is 0 Å². The van der Waals surface area contributed by atoms with Gasteiger partial charge in [-0.2, -0.15) is 0 Å². The molecular formula is C8H6N4O2S. The van der Waals surface area contributed by atoms with Crippen LogP contribution in [-0.2, 0) is 0 Å². The van der Waals surface area contributed by atoms with Crippen LogP contribution in [0.4, 0.5) is 5.13 Å². The average Bonchev–Trinajstić information content (AvgIpc) is 2.71. The Hall–Kier alpha value is -2.02. The molecule has 2 rings (SSSR count). The maximum Gasteiger partial charge on any atom is 0.261 e.